The molecule has 0 aliphatic carbocycles. The minimum absolute atomic E-state index is 0.165. The number of ether oxygens (including phenoxy) is 1. The molecule has 1 atom stereocenters. The van der Waals surface area contributed by atoms with Crippen molar-refractivity contribution >= 4 is 5.91 Å². The van der Waals surface area contributed by atoms with Gasteiger partial charge in [0.15, 0.2) is 0 Å². The van der Waals surface area contributed by atoms with Crippen LogP contribution in [0.4, 0.5) is 0 Å². The third-order valence-corrected chi connectivity index (χ3v) is 3.91. The predicted molar refractivity (Wildman–Crippen MR) is 82.1 cm³/mol. The summed E-state index contributed by atoms with van der Waals surface area (Å²) >= 11 is 0. The molecule has 0 spiro atoms. The van der Waals surface area contributed by atoms with Gasteiger partial charge in [0.2, 0.25) is 11.8 Å². The number of aromatic nitrogens is 1. The molecule has 2 rings (SSSR count). The van der Waals surface area contributed by atoms with E-state index in [0.29, 0.717) is 12.4 Å². The predicted octanol–water partition coefficient (Wildman–Crippen LogP) is 1.97. The van der Waals surface area contributed by atoms with Crippen LogP contribution in [-0.2, 0) is 11.3 Å². The van der Waals surface area contributed by atoms with Gasteiger partial charge in [0.05, 0.1) is 13.2 Å². The number of methoxy groups -OCH3 is 1. The third-order valence-electron chi connectivity index (χ3n) is 3.91. The molecule has 21 heavy (non-hydrogen) atoms. The molecule has 2 heterocycles. The van der Waals surface area contributed by atoms with Gasteiger partial charge in [-0.05, 0) is 31.4 Å². The van der Waals surface area contributed by atoms with Gasteiger partial charge < -0.3 is 15.0 Å². The van der Waals surface area contributed by atoms with Crippen LogP contribution in [0.15, 0.2) is 18.3 Å². The van der Waals surface area contributed by atoms with Gasteiger partial charge in [-0.25, -0.2) is 4.98 Å². The zero-order valence-electron chi connectivity index (χ0n) is 13.0. The lowest BCUT2D eigenvalue weighted by Crippen LogP contribution is -2.45. The maximum atomic E-state index is 12.4. The second kappa shape index (κ2) is 7.98. The maximum absolute atomic E-state index is 12.4. The Bertz CT molecular complexity index is 457. The first-order valence-corrected chi connectivity index (χ1v) is 7.72. The number of carbonyl (C=O) groups excluding carboxylic acids is 1. The summed E-state index contributed by atoms with van der Waals surface area (Å²) < 4.78 is 5.10. The van der Waals surface area contributed by atoms with Crippen molar-refractivity contribution in [2.24, 2.45) is 0 Å². The monoisotopic (exact) mass is 291 g/mol. The molecule has 0 aromatic carbocycles. The van der Waals surface area contributed by atoms with E-state index in [1.165, 1.54) is 12.8 Å². The molecule has 1 aliphatic rings. The van der Waals surface area contributed by atoms with Crippen molar-refractivity contribution in [3.8, 4) is 5.88 Å². The summed E-state index contributed by atoms with van der Waals surface area (Å²) in [6.07, 6.45) is 6.45. The van der Waals surface area contributed by atoms with Gasteiger partial charge in [-0.1, -0.05) is 12.8 Å². The van der Waals surface area contributed by atoms with E-state index in [1.807, 2.05) is 24.0 Å². The highest BCUT2D eigenvalue weighted by molar-refractivity contribution is 5.81. The van der Waals surface area contributed by atoms with Gasteiger partial charge >= 0.3 is 0 Å². The van der Waals surface area contributed by atoms with E-state index in [4.69, 9.17) is 4.74 Å². The van der Waals surface area contributed by atoms with Gasteiger partial charge in [0.25, 0.3) is 0 Å². The Morgan fingerprint density at radius 1 is 1.38 bits per heavy atom. The lowest BCUT2D eigenvalue weighted by Gasteiger charge is -2.24. The van der Waals surface area contributed by atoms with E-state index < -0.39 is 0 Å². The number of hydrogen-bond donors (Lipinski definition) is 1. The lowest BCUT2D eigenvalue weighted by molar-refractivity contribution is -0.133. The zero-order valence-corrected chi connectivity index (χ0v) is 13.0. The standard InChI is InChI=1S/C16H25N3O2/c1-13(16(20)19-9-5-3-4-6-10-19)18-12-14-7-8-17-15(11-14)21-2/h7-8,11,13,18H,3-6,9-10,12H2,1-2H3. The molecule has 1 aromatic rings. The topological polar surface area (TPSA) is 54.5 Å². The minimum atomic E-state index is -0.165. The molecule has 1 amide bonds. The summed E-state index contributed by atoms with van der Waals surface area (Å²) in [4.78, 5) is 18.5. The van der Waals surface area contributed by atoms with Crippen LogP contribution >= 0.6 is 0 Å². The first-order valence-electron chi connectivity index (χ1n) is 7.72. The number of rotatable bonds is 5. The summed E-state index contributed by atoms with van der Waals surface area (Å²) in [6.45, 7) is 4.37. The third kappa shape index (κ3) is 4.70. The Morgan fingerprint density at radius 2 is 2.10 bits per heavy atom. The molecule has 1 fully saturated rings. The van der Waals surface area contributed by atoms with E-state index in [-0.39, 0.29) is 11.9 Å². The van der Waals surface area contributed by atoms with Crippen LogP contribution in [0.1, 0.15) is 38.2 Å². The van der Waals surface area contributed by atoms with Crippen LogP contribution in [0.25, 0.3) is 0 Å². The second-order valence-corrected chi connectivity index (χ2v) is 5.55. The van der Waals surface area contributed by atoms with Gasteiger partial charge in [0.1, 0.15) is 0 Å². The number of nitrogens with zero attached hydrogens (tertiary/aromatic N) is 2. The van der Waals surface area contributed by atoms with Crippen molar-refractivity contribution in [1.82, 2.24) is 15.2 Å². The van der Waals surface area contributed by atoms with Crippen molar-refractivity contribution < 1.29 is 9.53 Å². The summed E-state index contributed by atoms with van der Waals surface area (Å²) in [6, 6.07) is 3.65. The molecule has 0 radical (unpaired) electrons. The summed E-state index contributed by atoms with van der Waals surface area (Å²) in [5, 5.41) is 3.29. The largest absolute Gasteiger partial charge is 0.481 e. The minimum Gasteiger partial charge on any atom is -0.481 e. The number of carbonyl (C=O) groups is 1. The zero-order chi connectivity index (χ0) is 15.1. The van der Waals surface area contributed by atoms with Crippen molar-refractivity contribution in [3.63, 3.8) is 0 Å². The number of hydrogen-bond acceptors (Lipinski definition) is 4. The van der Waals surface area contributed by atoms with E-state index >= 15 is 0 Å². The molecule has 116 valence electrons. The Labute approximate surface area is 126 Å². The highest BCUT2D eigenvalue weighted by Gasteiger charge is 2.20. The fourth-order valence-corrected chi connectivity index (χ4v) is 2.60. The molecular weight excluding hydrogens is 266 g/mol. The van der Waals surface area contributed by atoms with Crippen molar-refractivity contribution in [2.75, 3.05) is 20.2 Å². The van der Waals surface area contributed by atoms with Crippen LogP contribution in [0.5, 0.6) is 5.88 Å². The molecule has 1 unspecified atom stereocenters. The summed E-state index contributed by atoms with van der Waals surface area (Å²) in [5.41, 5.74) is 1.07. The van der Waals surface area contributed by atoms with Gasteiger partial charge in [-0.2, -0.15) is 0 Å². The lowest BCUT2D eigenvalue weighted by atomic mass is 10.2. The highest BCUT2D eigenvalue weighted by atomic mass is 16.5. The smallest absolute Gasteiger partial charge is 0.239 e. The van der Waals surface area contributed by atoms with Crippen LogP contribution in [0.3, 0.4) is 0 Å². The fourth-order valence-electron chi connectivity index (χ4n) is 2.60. The molecule has 0 saturated carbocycles. The van der Waals surface area contributed by atoms with Crippen molar-refractivity contribution in [2.45, 2.75) is 45.2 Å². The molecule has 0 bridgehead atoms. The molecule has 1 N–H and O–H groups in total. The fraction of sp³-hybridized carbons (Fsp3) is 0.625. The summed E-state index contributed by atoms with van der Waals surface area (Å²) in [7, 11) is 1.60. The van der Waals surface area contributed by atoms with Crippen molar-refractivity contribution in [1.29, 1.82) is 0 Å². The number of nitrogens with one attached hydrogen (secondary N) is 1. The van der Waals surface area contributed by atoms with Crippen LogP contribution in [-0.4, -0.2) is 42.0 Å². The number of likely N-dealkylation sites (tertiary alicyclic amines) is 1. The van der Waals surface area contributed by atoms with Gasteiger partial charge in [-0.3, -0.25) is 4.79 Å². The Kier molecular flexibility index (Phi) is 5.99. The van der Waals surface area contributed by atoms with Gasteiger partial charge in [0, 0.05) is 31.9 Å². The second-order valence-electron chi connectivity index (χ2n) is 5.55. The average Bonchev–Trinajstić information content (AvgIpc) is 2.81. The molecule has 5 heteroatoms. The molecule has 1 aromatic heterocycles. The Balaban J connectivity index is 1.85. The van der Waals surface area contributed by atoms with Gasteiger partial charge in [-0.15, -0.1) is 0 Å². The van der Waals surface area contributed by atoms with Crippen LogP contribution < -0.4 is 10.1 Å². The number of amides is 1. The van der Waals surface area contributed by atoms with E-state index in [1.54, 1.807) is 13.3 Å². The Morgan fingerprint density at radius 3 is 2.76 bits per heavy atom. The SMILES string of the molecule is COc1cc(CNC(C)C(=O)N2CCCCCC2)ccn1. The van der Waals surface area contributed by atoms with E-state index in [9.17, 15) is 4.79 Å². The first-order chi connectivity index (χ1) is 10.2. The Hall–Kier alpha value is -1.62. The molecule has 1 aliphatic heterocycles. The molecule has 5 nitrogen and oxygen atoms in total. The normalized spacial score (nSPS) is 17.1. The van der Waals surface area contributed by atoms with Crippen LogP contribution in [0.2, 0.25) is 0 Å². The quantitative estimate of drug-likeness (QED) is 0.901. The first kappa shape index (κ1) is 15.8. The van der Waals surface area contributed by atoms with Crippen LogP contribution in [0, 0.1) is 0 Å². The average molecular weight is 291 g/mol. The maximum Gasteiger partial charge on any atom is 0.239 e. The van der Waals surface area contributed by atoms with E-state index in [0.717, 1.165) is 31.5 Å². The molecular formula is C16H25N3O2. The summed E-state index contributed by atoms with van der Waals surface area (Å²) in [5.74, 6) is 0.804. The highest BCUT2D eigenvalue weighted by Crippen LogP contribution is 2.12. The number of pyridine rings is 1. The molecule has 1 saturated heterocycles. The van der Waals surface area contributed by atoms with E-state index in [2.05, 4.69) is 10.3 Å². The van der Waals surface area contributed by atoms with Crippen molar-refractivity contribution in [3.05, 3.63) is 23.9 Å².